The number of aryl methyl sites for hydroxylation is 2. The number of carbonyl (C=O) groups is 2. The van der Waals surface area contributed by atoms with Crippen LogP contribution >= 0.6 is 11.6 Å². The molecule has 2 aromatic rings. The van der Waals surface area contributed by atoms with Gasteiger partial charge in [-0.15, -0.1) is 0 Å². The molecule has 1 aliphatic heterocycles. The van der Waals surface area contributed by atoms with Gasteiger partial charge in [-0.2, -0.15) is 0 Å². The van der Waals surface area contributed by atoms with Gasteiger partial charge in [0.05, 0.1) is 22.9 Å². The molecule has 0 spiro atoms. The quantitative estimate of drug-likeness (QED) is 0.779. The van der Waals surface area contributed by atoms with Gasteiger partial charge < -0.3 is 10.0 Å². The van der Waals surface area contributed by atoms with Crippen molar-refractivity contribution in [2.24, 2.45) is 0 Å². The van der Waals surface area contributed by atoms with Crippen LogP contribution in [0.2, 0.25) is 5.02 Å². The van der Waals surface area contributed by atoms with Crippen molar-refractivity contribution in [1.29, 1.82) is 0 Å². The number of hydrogen-bond acceptors (Lipinski definition) is 4. The molecule has 0 saturated carbocycles. The van der Waals surface area contributed by atoms with Gasteiger partial charge in [-0.3, -0.25) is 9.59 Å². The smallest absolute Gasteiger partial charge is 0.282 e. The van der Waals surface area contributed by atoms with Crippen molar-refractivity contribution < 1.29 is 19.1 Å². The van der Waals surface area contributed by atoms with Crippen LogP contribution < -0.4 is 4.90 Å². The second-order valence-electron chi connectivity index (χ2n) is 6.73. The highest BCUT2D eigenvalue weighted by molar-refractivity contribution is 6.45. The number of anilines is 1. The minimum Gasteiger partial charge on any atom is -0.395 e. The summed E-state index contributed by atoms with van der Waals surface area (Å²) in [5, 5.41) is 9.14. The molecular weight excluding hydrogens is 383 g/mol. The Morgan fingerprint density at radius 1 is 1.11 bits per heavy atom. The van der Waals surface area contributed by atoms with Crippen LogP contribution in [0.15, 0.2) is 42.1 Å². The fraction of sp³-hybridized carbons (Fsp3) is 0.238. The number of likely N-dealkylation sites (N-methyl/N-ethyl adjacent to an activating group) is 1. The zero-order valence-corrected chi connectivity index (χ0v) is 16.5. The molecule has 0 atom stereocenters. The van der Waals surface area contributed by atoms with Crippen LogP contribution in [0.1, 0.15) is 16.7 Å². The summed E-state index contributed by atoms with van der Waals surface area (Å²) >= 11 is 5.85. The number of benzene rings is 2. The number of halogens is 2. The topological polar surface area (TPSA) is 60.9 Å². The molecule has 1 N–H and O–H groups in total. The summed E-state index contributed by atoms with van der Waals surface area (Å²) in [4.78, 5) is 29.0. The molecule has 0 aliphatic carbocycles. The summed E-state index contributed by atoms with van der Waals surface area (Å²) in [6.45, 7) is 3.82. The lowest BCUT2D eigenvalue weighted by Crippen LogP contribution is -2.34. The van der Waals surface area contributed by atoms with E-state index in [1.165, 1.54) is 12.1 Å². The van der Waals surface area contributed by atoms with Crippen molar-refractivity contribution in [3.8, 4) is 0 Å². The third-order valence-electron chi connectivity index (χ3n) is 4.69. The molecule has 0 saturated heterocycles. The van der Waals surface area contributed by atoms with E-state index in [2.05, 4.69) is 0 Å². The summed E-state index contributed by atoms with van der Waals surface area (Å²) in [6.07, 6.45) is 0. The van der Waals surface area contributed by atoms with Crippen molar-refractivity contribution in [2.75, 3.05) is 25.1 Å². The van der Waals surface area contributed by atoms with Crippen LogP contribution in [0, 0.1) is 19.7 Å². The SMILES string of the molecule is Cc1ccc(C2=C(N(C)CCO)C(=O)N(c3ccc(F)c(Cl)c3)C2=O)c(C)c1. The molecule has 0 bridgehead atoms. The number of hydrogen-bond donors (Lipinski definition) is 1. The van der Waals surface area contributed by atoms with Gasteiger partial charge >= 0.3 is 0 Å². The maximum absolute atomic E-state index is 13.6. The lowest BCUT2D eigenvalue weighted by Gasteiger charge is -2.20. The average Bonchev–Trinajstić information content (AvgIpc) is 2.88. The predicted molar refractivity (Wildman–Crippen MR) is 106 cm³/mol. The van der Waals surface area contributed by atoms with Gasteiger partial charge in [0, 0.05) is 13.6 Å². The molecule has 1 heterocycles. The highest BCUT2D eigenvalue weighted by Gasteiger charge is 2.42. The molecule has 146 valence electrons. The van der Waals surface area contributed by atoms with Crippen molar-refractivity contribution in [3.05, 3.63) is 69.6 Å². The number of rotatable bonds is 5. The van der Waals surface area contributed by atoms with Crippen molar-refractivity contribution >= 4 is 34.7 Å². The van der Waals surface area contributed by atoms with Gasteiger partial charge in [0.2, 0.25) is 0 Å². The van der Waals surface area contributed by atoms with E-state index < -0.39 is 17.6 Å². The minimum atomic E-state index is -0.635. The Balaban J connectivity index is 2.18. The Labute approximate surface area is 167 Å². The monoisotopic (exact) mass is 402 g/mol. The summed E-state index contributed by atoms with van der Waals surface area (Å²) in [5.41, 5.74) is 3.15. The Hall–Kier alpha value is -2.70. The first-order valence-corrected chi connectivity index (χ1v) is 9.11. The molecular formula is C21H20ClFN2O3. The van der Waals surface area contributed by atoms with Crippen LogP contribution in [-0.2, 0) is 9.59 Å². The van der Waals surface area contributed by atoms with E-state index in [9.17, 15) is 19.1 Å². The number of nitrogens with zero attached hydrogens (tertiary/aromatic N) is 2. The van der Waals surface area contributed by atoms with Crippen molar-refractivity contribution in [1.82, 2.24) is 4.90 Å². The summed E-state index contributed by atoms with van der Waals surface area (Å²) in [6, 6.07) is 9.31. The third kappa shape index (κ3) is 3.41. The minimum absolute atomic E-state index is 0.177. The van der Waals surface area contributed by atoms with Crippen LogP contribution in [0.3, 0.4) is 0 Å². The van der Waals surface area contributed by atoms with Crippen LogP contribution in [0.25, 0.3) is 5.57 Å². The molecule has 0 unspecified atom stereocenters. The Kier molecular flexibility index (Phi) is 5.54. The fourth-order valence-electron chi connectivity index (χ4n) is 3.33. The zero-order valence-electron chi connectivity index (χ0n) is 15.8. The van der Waals surface area contributed by atoms with E-state index in [1.54, 1.807) is 18.0 Å². The highest BCUT2D eigenvalue weighted by Crippen LogP contribution is 2.36. The maximum Gasteiger partial charge on any atom is 0.282 e. The average molecular weight is 403 g/mol. The molecule has 28 heavy (non-hydrogen) atoms. The second kappa shape index (κ2) is 7.73. The van der Waals surface area contributed by atoms with Gasteiger partial charge in [0.25, 0.3) is 11.8 Å². The van der Waals surface area contributed by atoms with Gasteiger partial charge in [-0.1, -0.05) is 35.4 Å². The molecule has 1 aliphatic rings. The van der Waals surface area contributed by atoms with Gasteiger partial charge in [-0.25, -0.2) is 9.29 Å². The van der Waals surface area contributed by atoms with Crippen LogP contribution in [0.5, 0.6) is 0 Å². The first-order valence-electron chi connectivity index (χ1n) is 8.74. The number of aliphatic hydroxyl groups excluding tert-OH is 1. The molecule has 5 nitrogen and oxygen atoms in total. The Bertz CT molecular complexity index is 1000. The number of imide groups is 1. The predicted octanol–water partition coefficient (Wildman–Crippen LogP) is 3.30. The van der Waals surface area contributed by atoms with E-state index in [0.717, 1.165) is 22.1 Å². The van der Waals surface area contributed by atoms with E-state index >= 15 is 0 Å². The van der Waals surface area contributed by atoms with Gasteiger partial charge in [0.1, 0.15) is 11.5 Å². The summed E-state index contributed by atoms with van der Waals surface area (Å²) in [7, 11) is 1.64. The zero-order chi connectivity index (χ0) is 20.6. The first-order chi connectivity index (χ1) is 13.3. The molecule has 0 radical (unpaired) electrons. The molecule has 3 rings (SSSR count). The largest absolute Gasteiger partial charge is 0.395 e. The Morgan fingerprint density at radius 2 is 1.82 bits per heavy atom. The van der Waals surface area contributed by atoms with E-state index in [0.29, 0.717) is 5.56 Å². The lowest BCUT2D eigenvalue weighted by atomic mass is 9.97. The van der Waals surface area contributed by atoms with E-state index in [1.807, 2.05) is 26.0 Å². The molecule has 0 aromatic heterocycles. The second-order valence-corrected chi connectivity index (χ2v) is 7.14. The number of amides is 2. The third-order valence-corrected chi connectivity index (χ3v) is 4.98. The first kappa shape index (κ1) is 20.0. The number of aliphatic hydroxyl groups is 1. The molecule has 2 aromatic carbocycles. The number of carbonyl (C=O) groups excluding carboxylic acids is 2. The van der Waals surface area contributed by atoms with Gasteiger partial charge in [0.15, 0.2) is 0 Å². The van der Waals surface area contributed by atoms with Crippen LogP contribution in [0.4, 0.5) is 10.1 Å². The molecule has 7 heteroatoms. The van der Waals surface area contributed by atoms with E-state index in [4.69, 9.17) is 11.6 Å². The Morgan fingerprint density at radius 3 is 2.43 bits per heavy atom. The summed E-state index contributed by atoms with van der Waals surface area (Å²) < 4.78 is 13.6. The summed E-state index contributed by atoms with van der Waals surface area (Å²) in [5.74, 6) is -1.69. The normalized spacial score (nSPS) is 14.3. The van der Waals surface area contributed by atoms with Gasteiger partial charge in [-0.05, 0) is 43.2 Å². The van der Waals surface area contributed by atoms with Crippen molar-refractivity contribution in [3.63, 3.8) is 0 Å². The highest BCUT2D eigenvalue weighted by atomic mass is 35.5. The lowest BCUT2D eigenvalue weighted by molar-refractivity contribution is -0.120. The van der Waals surface area contributed by atoms with Crippen LogP contribution in [-0.4, -0.2) is 42.0 Å². The molecule has 2 amide bonds. The standard InChI is InChI=1S/C21H20ClFN2O3/c1-12-4-6-15(13(2)10-12)18-19(24(3)8-9-26)21(28)25(20(18)27)14-5-7-17(23)16(22)11-14/h4-7,10-11,26H,8-9H2,1-3H3. The fourth-order valence-corrected chi connectivity index (χ4v) is 3.50. The van der Waals surface area contributed by atoms with E-state index in [-0.39, 0.29) is 35.1 Å². The molecule has 0 fully saturated rings. The maximum atomic E-state index is 13.6. The van der Waals surface area contributed by atoms with Crippen molar-refractivity contribution in [2.45, 2.75) is 13.8 Å².